The maximum absolute atomic E-state index is 13.2. The van der Waals surface area contributed by atoms with E-state index in [1.54, 1.807) is 41.3 Å². The van der Waals surface area contributed by atoms with Crippen molar-refractivity contribution >= 4 is 29.8 Å². The minimum Gasteiger partial charge on any atom is -0.420 e. The van der Waals surface area contributed by atoms with Gasteiger partial charge in [-0.1, -0.05) is 37.6 Å². The fourth-order valence-corrected chi connectivity index (χ4v) is 4.67. The number of rotatable bonds is 7. The van der Waals surface area contributed by atoms with Crippen LogP contribution in [0.5, 0.6) is 0 Å². The number of hydrogen-bond donors (Lipinski definition) is 2. The number of amides is 3. The summed E-state index contributed by atoms with van der Waals surface area (Å²) in [5, 5.41) is 14.3. The number of carbonyl (C=O) groups excluding carboxylic acids is 3. The van der Waals surface area contributed by atoms with E-state index in [9.17, 15) is 14.4 Å². The number of nitrogens with zero attached hydrogens (tertiary/aromatic N) is 3. The SMILES string of the molecule is CNC(=O)NC(C=O)(c1ccc(C(=O)N2CCC(c3nnc(-c4ccc(Cl)cc4)o3)CC2)cc1)C(C)C. The van der Waals surface area contributed by atoms with E-state index in [2.05, 4.69) is 20.8 Å². The molecule has 3 aromatic rings. The molecular formula is C27H30ClN5O4. The number of carbonyl (C=O) groups is 3. The Morgan fingerprint density at radius 3 is 2.30 bits per heavy atom. The normalized spacial score (nSPS) is 15.8. The smallest absolute Gasteiger partial charge is 0.315 e. The van der Waals surface area contributed by atoms with Gasteiger partial charge in [0, 0.05) is 42.2 Å². The Balaban J connectivity index is 1.41. The van der Waals surface area contributed by atoms with Crippen LogP contribution in [0.3, 0.4) is 0 Å². The molecule has 1 aliphatic rings. The number of nitrogens with one attached hydrogen (secondary N) is 2. The number of urea groups is 1. The summed E-state index contributed by atoms with van der Waals surface area (Å²) in [5.41, 5.74) is 0.744. The lowest BCUT2D eigenvalue weighted by atomic mass is 9.80. The van der Waals surface area contributed by atoms with Gasteiger partial charge in [-0.2, -0.15) is 0 Å². The van der Waals surface area contributed by atoms with Crippen LogP contribution in [0.1, 0.15) is 54.4 Å². The van der Waals surface area contributed by atoms with E-state index in [0.717, 1.165) is 11.8 Å². The molecule has 0 bridgehead atoms. The highest BCUT2D eigenvalue weighted by Crippen LogP contribution is 2.31. The van der Waals surface area contributed by atoms with Crippen molar-refractivity contribution in [1.82, 2.24) is 25.7 Å². The Hall–Kier alpha value is -3.72. The largest absolute Gasteiger partial charge is 0.420 e. The number of aromatic nitrogens is 2. The zero-order chi connectivity index (χ0) is 26.6. The molecule has 1 saturated heterocycles. The van der Waals surface area contributed by atoms with Crippen molar-refractivity contribution in [2.24, 2.45) is 5.92 Å². The van der Waals surface area contributed by atoms with Crippen LogP contribution in [0.4, 0.5) is 4.79 Å². The second-order valence-electron chi connectivity index (χ2n) is 9.44. The zero-order valence-corrected chi connectivity index (χ0v) is 21.8. The Morgan fingerprint density at radius 2 is 1.73 bits per heavy atom. The summed E-state index contributed by atoms with van der Waals surface area (Å²) in [7, 11) is 1.49. The summed E-state index contributed by atoms with van der Waals surface area (Å²) in [4.78, 5) is 39.1. The second-order valence-corrected chi connectivity index (χ2v) is 9.88. The van der Waals surface area contributed by atoms with Crippen molar-refractivity contribution in [3.63, 3.8) is 0 Å². The number of aldehydes is 1. The lowest BCUT2D eigenvalue weighted by molar-refractivity contribution is -0.114. The molecule has 1 unspecified atom stereocenters. The lowest BCUT2D eigenvalue weighted by Gasteiger charge is -2.34. The molecule has 0 saturated carbocycles. The molecule has 37 heavy (non-hydrogen) atoms. The molecule has 3 amide bonds. The number of likely N-dealkylation sites (tertiary alicyclic amines) is 1. The fourth-order valence-electron chi connectivity index (χ4n) is 4.54. The highest BCUT2D eigenvalue weighted by molar-refractivity contribution is 6.30. The van der Waals surface area contributed by atoms with Crippen molar-refractivity contribution in [3.05, 3.63) is 70.6 Å². The third-order valence-corrected chi connectivity index (χ3v) is 7.17. The third kappa shape index (κ3) is 5.51. The molecular weight excluding hydrogens is 494 g/mol. The van der Waals surface area contributed by atoms with Crippen LogP contribution in [0.15, 0.2) is 52.9 Å². The van der Waals surface area contributed by atoms with Gasteiger partial charge in [0.25, 0.3) is 5.91 Å². The number of halogens is 1. The average molecular weight is 524 g/mol. The van der Waals surface area contributed by atoms with Crippen LogP contribution in [0, 0.1) is 5.92 Å². The first kappa shape index (κ1) is 26.3. The van der Waals surface area contributed by atoms with Crippen LogP contribution < -0.4 is 10.6 Å². The maximum atomic E-state index is 13.2. The molecule has 1 aromatic heterocycles. The summed E-state index contributed by atoms with van der Waals surface area (Å²) in [6.07, 6.45) is 2.16. The van der Waals surface area contributed by atoms with Gasteiger partial charge in [-0.3, -0.25) is 4.79 Å². The quantitative estimate of drug-likeness (QED) is 0.443. The minimum atomic E-state index is -1.20. The number of piperidine rings is 1. The van der Waals surface area contributed by atoms with Crippen molar-refractivity contribution in [3.8, 4) is 11.5 Å². The molecule has 1 fully saturated rings. The molecule has 0 radical (unpaired) electrons. The van der Waals surface area contributed by atoms with Gasteiger partial charge in [0.2, 0.25) is 11.8 Å². The highest BCUT2D eigenvalue weighted by Gasteiger charge is 2.37. The Labute approximate surface area is 220 Å². The van der Waals surface area contributed by atoms with E-state index < -0.39 is 11.6 Å². The second kappa shape index (κ2) is 11.1. The molecule has 9 nitrogen and oxygen atoms in total. The van der Waals surface area contributed by atoms with Crippen molar-refractivity contribution in [1.29, 1.82) is 0 Å². The number of benzene rings is 2. The summed E-state index contributed by atoms with van der Waals surface area (Å²) in [6.45, 7) is 4.84. The van der Waals surface area contributed by atoms with E-state index in [0.29, 0.717) is 53.9 Å². The van der Waals surface area contributed by atoms with E-state index in [4.69, 9.17) is 16.0 Å². The van der Waals surface area contributed by atoms with Crippen LogP contribution in [0.2, 0.25) is 5.02 Å². The van der Waals surface area contributed by atoms with Crippen LogP contribution in [-0.2, 0) is 10.3 Å². The average Bonchev–Trinajstić information content (AvgIpc) is 3.42. The van der Waals surface area contributed by atoms with Gasteiger partial charge in [0.1, 0.15) is 11.8 Å². The zero-order valence-electron chi connectivity index (χ0n) is 21.0. The topological polar surface area (TPSA) is 117 Å². The van der Waals surface area contributed by atoms with Gasteiger partial charge in [-0.05, 0) is 60.7 Å². The van der Waals surface area contributed by atoms with E-state index in [-0.39, 0.29) is 17.7 Å². The fraction of sp³-hybridized carbons (Fsp3) is 0.370. The first-order valence-electron chi connectivity index (χ1n) is 12.2. The van der Waals surface area contributed by atoms with E-state index >= 15 is 0 Å². The highest BCUT2D eigenvalue weighted by atomic mass is 35.5. The summed E-state index contributed by atoms with van der Waals surface area (Å²) in [5.74, 6) is 0.813. The first-order chi connectivity index (χ1) is 17.8. The first-order valence-corrected chi connectivity index (χ1v) is 12.6. The van der Waals surface area contributed by atoms with Crippen LogP contribution in [-0.4, -0.2) is 53.5 Å². The summed E-state index contributed by atoms with van der Waals surface area (Å²) >= 11 is 5.95. The number of hydrogen-bond acceptors (Lipinski definition) is 6. The van der Waals surface area contributed by atoms with Gasteiger partial charge in [0.15, 0.2) is 0 Å². The minimum absolute atomic E-state index is 0.0787. The monoisotopic (exact) mass is 523 g/mol. The van der Waals surface area contributed by atoms with Gasteiger partial charge in [-0.15, -0.1) is 10.2 Å². The van der Waals surface area contributed by atoms with Crippen LogP contribution in [0.25, 0.3) is 11.5 Å². The third-order valence-electron chi connectivity index (χ3n) is 6.92. The molecule has 0 spiro atoms. The molecule has 194 valence electrons. The molecule has 0 aliphatic carbocycles. The molecule has 10 heteroatoms. The predicted molar refractivity (Wildman–Crippen MR) is 139 cm³/mol. The lowest BCUT2D eigenvalue weighted by Crippen LogP contribution is -2.53. The standard InChI is InChI=1S/C27H30ClN5O4/c1-17(2)27(16-34,30-26(36)29-3)21-8-4-20(5-9-21)25(35)33-14-12-19(13-15-33)24-32-31-23(37-24)18-6-10-22(28)11-7-18/h4-11,16-17,19H,12-15H2,1-3H3,(H2,29,30,36). The van der Waals surface area contributed by atoms with Gasteiger partial charge in [0.05, 0.1) is 0 Å². The molecule has 2 aromatic carbocycles. The molecule has 1 atom stereocenters. The van der Waals surface area contributed by atoms with E-state index in [1.165, 1.54) is 7.05 Å². The molecule has 4 rings (SSSR count). The Morgan fingerprint density at radius 1 is 1.08 bits per heavy atom. The Kier molecular flexibility index (Phi) is 7.92. The molecule has 2 heterocycles. The van der Waals surface area contributed by atoms with Crippen molar-refractivity contribution < 1.29 is 18.8 Å². The van der Waals surface area contributed by atoms with Crippen molar-refractivity contribution in [2.45, 2.75) is 38.1 Å². The van der Waals surface area contributed by atoms with Gasteiger partial charge < -0.3 is 24.7 Å². The Bertz CT molecular complexity index is 1250. The molecule has 2 N–H and O–H groups in total. The van der Waals surface area contributed by atoms with Crippen molar-refractivity contribution in [2.75, 3.05) is 20.1 Å². The van der Waals surface area contributed by atoms with Gasteiger partial charge >= 0.3 is 6.03 Å². The van der Waals surface area contributed by atoms with Gasteiger partial charge in [-0.25, -0.2) is 4.79 Å². The summed E-state index contributed by atoms with van der Waals surface area (Å²) in [6, 6.07) is 13.6. The van der Waals surface area contributed by atoms with Crippen LogP contribution >= 0.6 is 11.6 Å². The maximum Gasteiger partial charge on any atom is 0.315 e. The molecule has 1 aliphatic heterocycles. The van der Waals surface area contributed by atoms with E-state index in [1.807, 2.05) is 26.0 Å². The summed E-state index contributed by atoms with van der Waals surface area (Å²) < 4.78 is 5.91. The predicted octanol–water partition coefficient (Wildman–Crippen LogP) is 4.39.